The topological polar surface area (TPSA) is 34.4 Å². The van der Waals surface area contributed by atoms with Gasteiger partial charge in [-0.15, -0.1) is 13.2 Å². The van der Waals surface area contributed by atoms with Crippen molar-refractivity contribution in [3.05, 3.63) is 58.5 Å². The summed E-state index contributed by atoms with van der Waals surface area (Å²) in [5, 5.41) is 3.60. The van der Waals surface area contributed by atoms with Crippen LogP contribution >= 0.6 is 15.9 Å². The first kappa shape index (κ1) is 16.6. The minimum Gasteiger partial charge on any atom is -0.464 e. The lowest BCUT2D eigenvalue weighted by Crippen LogP contribution is -2.17. The molecule has 0 fully saturated rings. The van der Waals surface area contributed by atoms with Gasteiger partial charge in [0, 0.05) is 23.2 Å². The highest BCUT2D eigenvalue weighted by atomic mass is 79.9. The van der Waals surface area contributed by atoms with E-state index in [0.29, 0.717) is 22.2 Å². The van der Waals surface area contributed by atoms with E-state index in [0.717, 1.165) is 0 Å². The Morgan fingerprint density at radius 2 is 1.92 bits per heavy atom. The second-order valence-electron chi connectivity index (χ2n) is 4.95. The molecule has 3 nitrogen and oxygen atoms in total. The van der Waals surface area contributed by atoms with Crippen molar-refractivity contribution in [2.45, 2.75) is 12.9 Å². The van der Waals surface area contributed by atoms with E-state index in [1.165, 1.54) is 30.5 Å². The minimum absolute atomic E-state index is 0.131. The molecule has 1 N–H and O–H groups in total. The monoisotopic (exact) mass is 403 g/mol. The van der Waals surface area contributed by atoms with E-state index in [2.05, 4.69) is 26.0 Å². The molecule has 0 saturated carbocycles. The number of anilines is 1. The van der Waals surface area contributed by atoms with E-state index in [9.17, 15) is 17.6 Å². The molecular formula is C16H10BrF4NO2. The summed E-state index contributed by atoms with van der Waals surface area (Å²) in [5.74, 6) is -0.747. The number of fused-ring (bicyclic) bond motifs is 1. The fourth-order valence-corrected chi connectivity index (χ4v) is 2.63. The standard InChI is InChI=1S/C16H10BrF4NO2/c17-12-7-11(1-2-14(12)24-16(19,20)21)22-8-10-6-15-9(3-4-23-15)5-13(10)18/h1-7,22H,8H2. The molecule has 0 bridgehead atoms. The Morgan fingerprint density at radius 3 is 2.62 bits per heavy atom. The summed E-state index contributed by atoms with van der Waals surface area (Å²) in [6.45, 7) is 0.147. The highest BCUT2D eigenvalue weighted by molar-refractivity contribution is 9.10. The molecule has 0 radical (unpaired) electrons. The molecule has 8 heteroatoms. The Bertz CT molecular complexity index is 876. The summed E-state index contributed by atoms with van der Waals surface area (Å²) in [6.07, 6.45) is -3.29. The van der Waals surface area contributed by atoms with Crippen molar-refractivity contribution in [1.29, 1.82) is 0 Å². The molecule has 0 saturated heterocycles. The third kappa shape index (κ3) is 3.81. The van der Waals surface area contributed by atoms with E-state index in [1.807, 2.05) is 0 Å². The van der Waals surface area contributed by atoms with Gasteiger partial charge in [-0.05, 0) is 52.3 Å². The van der Waals surface area contributed by atoms with Crippen LogP contribution in [0.2, 0.25) is 0 Å². The first-order chi connectivity index (χ1) is 11.3. The van der Waals surface area contributed by atoms with Gasteiger partial charge in [0.25, 0.3) is 0 Å². The van der Waals surface area contributed by atoms with Crippen LogP contribution in [0.3, 0.4) is 0 Å². The largest absolute Gasteiger partial charge is 0.573 e. The maximum Gasteiger partial charge on any atom is 0.573 e. The Balaban J connectivity index is 1.74. The van der Waals surface area contributed by atoms with Crippen molar-refractivity contribution in [2.75, 3.05) is 5.32 Å². The second-order valence-corrected chi connectivity index (χ2v) is 5.80. The smallest absolute Gasteiger partial charge is 0.464 e. The molecule has 2 aromatic carbocycles. The number of nitrogens with one attached hydrogen (secondary N) is 1. The molecule has 0 aliphatic rings. The zero-order valence-corrected chi connectivity index (χ0v) is 13.5. The van der Waals surface area contributed by atoms with Crippen molar-refractivity contribution < 1.29 is 26.7 Å². The summed E-state index contributed by atoms with van der Waals surface area (Å²) in [4.78, 5) is 0. The summed E-state index contributed by atoms with van der Waals surface area (Å²) in [6, 6.07) is 8.61. The average molecular weight is 404 g/mol. The highest BCUT2D eigenvalue weighted by Crippen LogP contribution is 2.32. The van der Waals surface area contributed by atoms with Gasteiger partial charge in [-0.1, -0.05) is 0 Å². The molecule has 0 aliphatic carbocycles. The van der Waals surface area contributed by atoms with Crippen molar-refractivity contribution in [2.24, 2.45) is 0 Å². The fraction of sp³-hybridized carbons (Fsp3) is 0.125. The van der Waals surface area contributed by atoms with Gasteiger partial charge >= 0.3 is 6.36 Å². The van der Waals surface area contributed by atoms with E-state index < -0.39 is 12.2 Å². The lowest BCUT2D eigenvalue weighted by molar-refractivity contribution is -0.274. The normalized spacial score (nSPS) is 11.7. The molecule has 126 valence electrons. The number of alkyl halides is 3. The summed E-state index contributed by atoms with van der Waals surface area (Å²) in [5.41, 5.74) is 1.45. The van der Waals surface area contributed by atoms with Gasteiger partial charge in [0.15, 0.2) is 0 Å². The third-order valence-electron chi connectivity index (χ3n) is 3.26. The number of furan rings is 1. The quantitative estimate of drug-likeness (QED) is 0.555. The Hall–Kier alpha value is -2.22. The SMILES string of the molecule is Fc1cc2ccoc2cc1CNc1ccc(OC(F)(F)F)c(Br)c1. The Morgan fingerprint density at radius 1 is 1.12 bits per heavy atom. The molecule has 24 heavy (non-hydrogen) atoms. The fourth-order valence-electron chi connectivity index (χ4n) is 2.17. The first-order valence-corrected chi connectivity index (χ1v) is 7.56. The molecule has 1 heterocycles. The van der Waals surface area contributed by atoms with Crippen LogP contribution in [0.5, 0.6) is 5.75 Å². The van der Waals surface area contributed by atoms with Crippen molar-refractivity contribution in [3.8, 4) is 5.75 Å². The maximum atomic E-state index is 14.0. The van der Waals surface area contributed by atoms with Crippen LogP contribution < -0.4 is 10.1 Å². The molecule has 1 aromatic heterocycles. The van der Waals surface area contributed by atoms with Crippen LogP contribution in [0.4, 0.5) is 23.2 Å². The second kappa shape index (κ2) is 6.35. The first-order valence-electron chi connectivity index (χ1n) is 6.76. The zero-order valence-electron chi connectivity index (χ0n) is 12.0. The molecule has 0 atom stereocenters. The molecule has 0 amide bonds. The summed E-state index contributed by atoms with van der Waals surface area (Å²) in [7, 11) is 0. The number of ether oxygens (including phenoxy) is 1. The predicted octanol–water partition coefficient (Wildman–Crippen LogP) is 5.85. The Labute approximate surface area is 142 Å². The van der Waals surface area contributed by atoms with Crippen molar-refractivity contribution >= 4 is 32.6 Å². The van der Waals surface area contributed by atoms with Crippen LogP contribution in [-0.2, 0) is 6.54 Å². The van der Waals surface area contributed by atoms with Gasteiger partial charge in [-0.3, -0.25) is 0 Å². The number of halogens is 5. The minimum atomic E-state index is -4.76. The van der Waals surface area contributed by atoms with Gasteiger partial charge in [0.1, 0.15) is 17.1 Å². The Kier molecular flexibility index (Phi) is 4.40. The molecule has 0 unspecified atom stereocenters. The van der Waals surface area contributed by atoms with Crippen LogP contribution in [0.1, 0.15) is 5.56 Å². The van der Waals surface area contributed by atoms with Gasteiger partial charge in [0.2, 0.25) is 0 Å². The van der Waals surface area contributed by atoms with E-state index in [-0.39, 0.29) is 16.8 Å². The zero-order chi connectivity index (χ0) is 17.3. The van der Waals surface area contributed by atoms with Crippen LogP contribution in [-0.4, -0.2) is 6.36 Å². The lowest BCUT2D eigenvalue weighted by Gasteiger charge is -2.13. The van der Waals surface area contributed by atoms with Crippen molar-refractivity contribution in [1.82, 2.24) is 0 Å². The van der Waals surface area contributed by atoms with Crippen LogP contribution in [0.25, 0.3) is 11.0 Å². The van der Waals surface area contributed by atoms with E-state index in [1.54, 1.807) is 12.1 Å². The van der Waals surface area contributed by atoms with E-state index in [4.69, 9.17) is 4.42 Å². The van der Waals surface area contributed by atoms with Gasteiger partial charge < -0.3 is 14.5 Å². The van der Waals surface area contributed by atoms with E-state index >= 15 is 0 Å². The molecule has 0 aliphatic heterocycles. The van der Waals surface area contributed by atoms with Crippen LogP contribution in [0, 0.1) is 5.82 Å². The number of hydrogen-bond donors (Lipinski definition) is 1. The summed E-state index contributed by atoms with van der Waals surface area (Å²) >= 11 is 3.01. The van der Waals surface area contributed by atoms with Crippen molar-refractivity contribution in [3.63, 3.8) is 0 Å². The maximum absolute atomic E-state index is 14.0. The molecular weight excluding hydrogens is 394 g/mol. The van der Waals surface area contributed by atoms with Gasteiger partial charge in [0.05, 0.1) is 10.7 Å². The van der Waals surface area contributed by atoms with Gasteiger partial charge in [-0.25, -0.2) is 4.39 Å². The third-order valence-corrected chi connectivity index (χ3v) is 3.88. The molecule has 3 aromatic rings. The summed E-state index contributed by atoms with van der Waals surface area (Å²) < 4.78 is 59.9. The molecule has 0 spiro atoms. The van der Waals surface area contributed by atoms with Crippen LogP contribution in [0.15, 0.2) is 51.6 Å². The number of rotatable bonds is 4. The number of hydrogen-bond acceptors (Lipinski definition) is 3. The number of benzene rings is 2. The molecule has 3 rings (SSSR count). The average Bonchev–Trinajstić information content (AvgIpc) is 2.93. The predicted molar refractivity (Wildman–Crippen MR) is 84.3 cm³/mol. The van der Waals surface area contributed by atoms with Gasteiger partial charge in [-0.2, -0.15) is 0 Å². The lowest BCUT2D eigenvalue weighted by atomic mass is 10.1. The highest BCUT2D eigenvalue weighted by Gasteiger charge is 2.31.